The third-order valence-corrected chi connectivity index (χ3v) is 5.25. The fourth-order valence-corrected chi connectivity index (χ4v) is 4.06. The van der Waals surface area contributed by atoms with Crippen molar-refractivity contribution in [2.24, 2.45) is 28.8 Å². The maximum atomic E-state index is 12.6. The summed E-state index contributed by atoms with van der Waals surface area (Å²) in [6, 6.07) is 3.74. The number of carbonyl (C=O) groups excluding carboxylic acids is 2. The number of nitro benzene ring substituents is 1. The smallest absolute Gasteiger partial charge is 0.311 e. The molecule has 1 saturated carbocycles. The molecule has 2 bridgehead atoms. The van der Waals surface area contributed by atoms with E-state index < -0.39 is 16.4 Å². The van der Waals surface area contributed by atoms with Crippen LogP contribution in [-0.2, 0) is 9.59 Å². The monoisotopic (exact) mass is 341 g/mol. The number of phenolic OH excluding ortho intramolecular Hbond substituents is 1. The van der Waals surface area contributed by atoms with Gasteiger partial charge in [0.15, 0.2) is 5.75 Å². The summed E-state index contributed by atoms with van der Waals surface area (Å²) in [5.74, 6) is -1.59. The van der Waals surface area contributed by atoms with Gasteiger partial charge in [-0.15, -0.1) is 0 Å². The van der Waals surface area contributed by atoms with E-state index in [1.807, 2.05) is 12.2 Å². The largest absolute Gasteiger partial charge is 0.502 e. The fourth-order valence-electron chi connectivity index (χ4n) is 4.06. The van der Waals surface area contributed by atoms with Crippen LogP contribution in [0.5, 0.6) is 5.75 Å². The first kappa shape index (κ1) is 15.5. The summed E-state index contributed by atoms with van der Waals surface area (Å²) in [4.78, 5) is 35.4. The summed E-state index contributed by atoms with van der Waals surface area (Å²) >= 11 is 0. The lowest BCUT2D eigenvalue weighted by Gasteiger charge is -2.37. The number of carbonyl (C=O) groups is 2. The predicted molar refractivity (Wildman–Crippen MR) is 86.5 cm³/mol. The fraction of sp³-hybridized carbons (Fsp3) is 0.353. The van der Waals surface area contributed by atoms with Gasteiger partial charge in [0.2, 0.25) is 0 Å². The minimum Gasteiger partial charge on any atom is -0.502 e. The van der Waals surface area contributed by atoms with Crippen molar-refractivity contribution in [3.05, 3.63) is 46.0 Å². The van der Waals surface area contributed by atoms with Crippen LogP contribution in [0.2, 0.25) is 0 Å². The first-order chi connectivity index (χ1) is 12.0. The van der Waals surface area contributed by atoms with Crippen LogP contribution in [-0.4, -0.2) is 33.1 Å². The number of amides is 2. The number of hydrazone groups is 1. The molecule has 1 saturated heterocycles. The normalized spacial score (nSPS) is 30.3. The Hall–Kier alpha value is -3.03. The van der Waals surface area contributed by atoms with Gasteiger partial charge in [0, 0.05) is 11.6 Å². The summed E-state index contributed by atoms with van der Waals surface area (Å²) < 4.78 is 0. The highest BCUT2D eigenvalue weighted by molar-refractivity contribution is 6.06. The van der Waals surface area contributed by atoms with Crippen molar-refractivity contribution < 1.29 is 19.6 Å². The number of nitro groups is 1. The standard InChI is InChI=1S/C17H15N3O5/c21-13-6-1-9(7-12(13)20(24)25)8-18-19-16(22)14-10-2-3-11(5-4-10)15(14)17(19)23/h1-3,6-8,10-11,14-15,21H,4-5H2/b18-8-/t10-,11-,14+,15+/m1/s1. The quantitative estimate of drug-likeness (QED) is 0.296. The molecule has 2 amide bonds. The molecule has 1 heterocycles. The highest BCUT2D eigenvalue weighted by Gasteiger charge is 2.56. The lowest BCUT2D eigenvalue weighted by molar-refractivity contribution is -0.385. The first-order valence-corrected chi connectivity index (χ1v) is 8.05. The Labute approximate surface area is 142 Å². The summed E-state index contributed by atoms with van der Waals surface area (Å²) in [5.41, 5.74) is -0.139. The summed E-state index contributed by atoms with van der Waals surface area (Å²) in [6.45, 7) is 0. The van der Waals surface area contributed by atoms with Crippen molar-refractivity contribution in [1.82, 2.24) is 5.01 Å². The van der Waals surface area contributed by atoms with Gasteiger partial charge in [0.05, 0.1) is 23.0 Å². The predicted octanol–water partition coefficient (Wildman–Crippen LogP) is 1.83. The van der Waals surface area contributed by atoms with Gasteiger partial charge in [-0.25, -0.2) is 0 Å². The van der Waals surface area contributed by atoms with Gasteiger partial charge in [-0.1, -0.05) is 12.2 Å². The van der Waals surface area contributed by atoms with E-state index in [0.29, 0.717) is 5.56 Å². The number of imide groups is 1. The molecule has 0 spiro atoms. The topological polar surface area (TPSA) is 113 Å². The molecule has 1 aromatic carbocycles. The van der Waals surface area contributed by atoms with Crippen LogP contribution in [0.1, 0.15) is 18.4 Å². The number of phenols is 1. The number of benzene rings is 1. The Bertz CT molecular complexity index is 815. The highest BCUT2D eigenvalue weighted by atomic mass is 16.6. The zero-order valence-corrected chi connectivity index (χ0v) is 13.1. The van der Waals surface area contributed by atoms with Crippen molar-refractivity contribution in [1.29, 1.82) is 0 Å². The number of allylic oxidation sites excluding steroid dienone is 2. The number of nitrogens with zero attached hydrogens (tertiary/aromatic N) is 3. The maximum absolute atomic E-state index is 12.6. The van der Waals surface area contributed by atoms with E-state index in [1.54, 1.807) is 0 Å². The molecule has 4 atom stereocenters. The van der Waals surface area contributed by atoms with E-state index in [-0.39, 0.29) is 35.5 Å². The number of rotatable bonds is 3. The van der Waals surface area contributed by atoms with Crippen LogP contribution in [0, 0.1) is 33.8 Å². The van der Waals surface area contributed by atoms with Gasteiger partial charge < -0.3 is 5.11 Å². The first-order valence-electron chi connectivity index (χ1n) is 8.05. The van der Waals surface area contributed by atoms with Crippen molar-refractivity contribution in [2.45, 2.75) is 12.8 Å². The Morgan fingerprint density at radius 3 is 2.28 bits per heavy atom. The Balaban J connectivity index is 1.60. The van der Waals surface area contributed by atoms with Crippen molar-refractivity contribution >= 4 is 23.7 Å². The molecule has 8 nitrogen and oxygen atoms in total. The molecule has 0 aromatic heterocycles. The average Bonchev–Trinajstić information content (AvgIpc) is 2.88. The average molecular weight is 341 g/mol. The van der Waals surface area contributed by atoms with Crippen molar-refractivity contribution in [3.8, 4) is 5.75 Å². The number of aromatic hydroxyl groups is 1. The van der Waals surface area contributed by atoms with Crippen LogP contribution in [0.25, 0.3) is 0 Å². The molecule has 5 rings (SSSR count). The molecule has 0 unspecified atom stereocenters. The zero-order valence-electron chi connectivity index (χ0n) is 13.1. The van der Waals surface area contributed by atoms with Crippen LogP contribution < -0.4 is 0 Å². The van der Waals surface area contributed by atoms with Gasteiger partial charge >= 0.3 is 5.69 Å². The minimum atomic E-state index is -0.712. The Morgan fingerprint density at radius 1 is 1.16 bits per heavy atom. The lowest BCUT2D eigenvalue weighted by atomic mass is 9.63. The second-order valence-electron chi connectivity index (χ2n) is 6.58. The van der Waals surface area contributed by atoms with Gasteiger partial charge in [-0.3, -0.25) is 19.7 Å². The molecular weight excluding hydrogens is 326 g/mol. The van der Waals surface area contributed by atoms with E-state index in [9.17, 15) is 24.8 Å². The van der Waals surface area contributed by atoms with Crippen LogP contribution >= 0.6 is 0 Å². The van der Waals surface area contributed by atoms with E-state index in [1.165, 1.54) is 18.3 Å². The van der Waals surface area contributed by atoms with Gasteiger partial charge in [0.1, 0.15) is 0 Å². The van der Waals surface area contributed by atoms with E-state index in [2.05, 4.69) is 5.10 Å². The van der Waals surface area contributed by atoms with E-state index in [0.717, 1.165) is 23.9 Å². The van der Waals surface area contributed by atoms with Crippen molar-refractivity contribution in [3.63, 3.8) is 0 Å². The third kappa shape index (κ3) is 2.33. The summed E-state index contributed by atoms with van der Waals surface area (Å²) in [7, 11) is 0. The number of hydrogen-bond donors (Lipinski definition) is 1. The minimum absolute atomic E-state index is 0.0846. The second kappa shape index (κ2) is 5.51. The maximum Gasteiger partial charge on any atom is 0.311 e. The van der Waals surface area contributed by atoms with Crippen molar-refractivity contribution in [2.75, 3.05) is 0 Å². The highest BCUT2D eigenvalue weighted by Crippen LogP contribution is 2.49. The van der Waals surface area contributed by atoms with Gasteiger partial charge in [-0.2, -0.15) is 10.1 Å². The van der Waals surface area contributed by atoms with Gasteiger partial charge in [0.25, 0.3) is 11.8 Å². The molecule has 4 aliphatic rings. The van der Waals surface area contributed by atoms with Crippen LogP contribution in [0.15, 0.2) is 35.5 Å². The molecule has 128 valence electrons. The summed E-state index contributed by atoms with van der Waals surface area (Å²) in [6.07, 6.45) is 7.09. The Kier molecular flexibility index (Phi) is 3.41. The zero-order chi connectivity index (χ0) is 17.7. The SMILES string of the molecule is O=C1[C@@H]2[C@@H](C(=O)N1/N=C\c1ccc(O)c([N+](=O)[O-])c1)[C@@H]1C=C[C@@H]2CC1. The molecule has 1 aliphatic heterocycles. The van der Waals surface area contributed by atoms with Gasteiger partial charge in [-0.05, 0) is 36.8 Å². The van der Waals surface area contributed by atoms with E-state index in [4.69, 9.17) is 0 Å². The third-order valence-electron chi connectivity index (χ3n) is 5.25. The van der Waals surface area contributed by atoms with Crippen LogP contribution in [0.4, 0.5) is 5.69 Å². The molecule has 0 radical (unpaired) electrons. The molecule has 1 N–H and O–H groups in total. The Morgan fingerprint density at radius 2 is 1.76 bits per heavy atom. The molecule has 25 heavy (non-hydrogen) atoms. The summed E-state index contributed by atoms with van der Waals surface area (Å²) in [5, 5.41) is 25.2. The second-order valence-corrected chi connectivity index (χ2v) is 6.58. The number of hydrogen-bond acceptors (Lipinski definition) is 6. The molecule has 8 heteroatoms. The number of fused-ring (bicyclic) bond motifs is 1. The van der Waals surface area contributed by atoms with E-state index >= 15 is 0 Å². The molecule has 2 fully saturated rings. The lowest BCUT2D eigenvalue weighted by Crippen LogP contribution is -2.38. The molecular formula is C17H15N3O5. The van der Waals surface area contributed by atoms with Crippen LogP contribution in [0.3, 0.4) is 0 Å². The molecule has 1 aromatic rings. The molecule has 3 aliphatic carbocycles.